The largest absolute Gasteiger partial charge is 0.465 e. The van der Waals surface area contributed by atoms with Crippen LogP contribution in [-0.2, 0) is 4.79 Å². The summed E-state index contributed by atoms with van der Waals surface area (Å²) in [6.45, 7) is 0. The van der Waals surface area contributed by atoms with Crippen LogP contribution in [0, 0.1) is 0 Å². The van der Waals surface area contributed by atoms with E-state index in [1.54, 1.807) is 6.26 Å². The third-order valence-electron chi connectivity index (χ3n) is 4.32. The Labute approximate surface area is 145 Å². The maximum Gasteiger partial charge on any atom is 0.267 e. The lowest BCUT2D eigenvalue weighted by atomic mass is 10.2. The van der Waals surface area contributed by atoms with E-state index in [0.717, 1.165) is 23.7 Å². The van der Waals surface area contributed by atoms with Crippen LogP contribution in [-0.4, -0.2) is 22.0 Å². The maximum absolute atomic E-state index is 12.9. The van der Waals surface area contributed by atoms with Crippen molar-refractivity contribution in [1.29, 1.82) is 0 Å². The van der Waals surface area contributed by atoms with Crippen LogP contribution in [0.15, 0.2) is 63.0 Å². The molecule has 1 saturated heterocycles. The van der Waals surface area contributed by atoms with E-state index < -0.39 is 0 Å². The van der Waals surface area contributed by atoms with E-state index in [1.165, 1.54) is 24.6 Å². The van der Waals surface area contributed by atoms with Crippen molar-refractivity contribution in [2.45, 2.75) is 31.7 Å². The summed E-state index contributed by atoms with van der Waals surface area (Å²) < 4.78 is 5.36. The summed E-state index contributed by atoms with van der Waals surface area (Å²) in [5, 5.41) is 0.774. The predicted molar refractivity (Wildman–Crippen MR) is 96.9 cm³/mol. The second-order valence-electron chi connectivity index (χ2n) is 5.97. The lowest BCUT2D eigenvalue weighted by Gasteiger charge is -2.22. The van der Waals surface area contributed by atoms with Gasteiger partial charge in [0.25, 0.3) is 5.91 Å². The topological polar surface area (TPSA) is 45.8 Å². The summed E-state index contributed by atoms with van der Waals surface area (Å²) in [7, 11) is 0. The average Bonchev–Trinajstić information content (AvgIpc) is 3.32. The van der Waals surface area contributed by atoms with Crippen LogP contribution in [0.5, 0.6) is 0 Å². The minimum atomic E-state index is 0.0398. The third kappa shape index (κ3) is 3.04. The fourth-order valence-electron chi connectivity index (χ4n) is 3.16. The molecule has 4 rings (SSSR count). The molecular weight excluding hydrogens is 320 g/mol. The van der Waals surface area contributed by atoms with Gasteiger partial charge in [0.15, 0.2) is 5.17 Å². The molecule has 0 unspecified atom stereocenters. The normalized spacial score (nSPS) is 22.2. The number of amides is 1. The molecule has 5 heteroatoms. The molecule has 0 N–H and O–H groups in total. The smallest absolute Gasteiger partial charge is 0.267 e. The van der Waals surface area contributed by atoms with Crippen molar-refractivity contribution in [3.8, 4) is 0 Å². The summed E-state index contributed by atoms with van der Waals surface area (Å²) in [5.74, 6) is 0.733. The summed E-state index contributed by atoms with van der Waals surface area (Å²) in [4.78, 5) is 20.2. The van der Waals surface area contributed by atoms with E-state index in [-0.39, 0.29) is 11.9 Å². The monoisotopic (exact) mass is 338 g/mol. The molecule has 2 fully saturated rings. The number of carbonyl (C=O) groups is 1. The van der Waals surface area contributed by atoms with Crippen LogP contribution in [0.4, 0.5) is 5.69 Å². The van der Waals surface area contributed by atoms with Gasteiger partial charge >= 0.3 is 0 Å². The van der Waals surface area contributed by atoms with E-state index in [0.29, 0.717) is 10.7 Å². The van der Waals surface area contributed by atoms with Gasteiger partial charge in [0.2, 0.25) is 0 Å². The van der Waals surface area contributed by atoms with Crippen molar-refractivity contribution in [3.05, 3.63) is 59.4 Å². The van der Waals surface area contributed by atoms with Crippen molar-refractivity contribution in [2.24, 2.45) is 4.99 Å². The summed E-state index contributed by atoms with van der Waals surface area (Å²) in [6.07, 6.45) is 7.87. The molecule has 1 aliphatic heterocycles. The Morgan fingerprint density at radius 3 is 2.62 bits per heavy atom. The van der Waals surface area contributed by atoms with Gasteiger partial charge in [-0.15, -0.1) is 0 Å². The van der Waals surface area contributed by atoms with E-state index in [2.05, 4.69) is 0 Å². The number of hydrogen-bond acceptors (Lipinski definition) is 4. The van der Waals surface area contributed by atoms with Gasteiger partial charge in [-0.2, -0.15) is 0 Å². The van der Waals surface area contributed by atoms with Gasteiger partial charge in [0.1, 0.15) is 5.76 Å². The summed E-state index contributed by atoms with van der Waals surface area (Å²) in [5.41, 5.74) is 0.870. The van der Waals surface area contributed by atoms with Crippen LogP contribution in [0.2, 0.25) is 0 Å². The molecule has 2 aliphatic rings. The van der Waals surface area contributed by atoms with E-state index in [1.807, 2.05) is 53.4 Å². The van der Waals surface area contributed by atoms with Crippen LogP contribution in [0.25, 0.3) is 6.08 Å². The average molecular weight is 338 g/mol. The zero-order chi connectivity index (χ0) is 16.4. The third-order valence-corrected chi connectivity index (χ3v) is 5.31. The fraction of sp³-hybridized carbons (Fsp3) is 0.263. The highest BCUT2D eigenvalue weighted by Gasteiger charge is 2.39. The van der Waals surface area contributed by atoms with E-state index >= 15 is 0 Å². The molecule has 0 bridgehead atoms. The van der Waals surface area contributed by atoms with Crippen molar-refractivity contribution >= 4 is 34.6 Å². The molecule has 1 saturated carbocycles. The Morgan fingerprint density at radius 2 is 1.92 bits per heavy atom. The van der Waals surface area contributed by atoms with Gasteiger partial charge in [-0.25, -0.2) is 4.99 Å². The van der Waals surface area contributed by atoms with Crippen LogP contribution in [0.1, 0.15) is 31.4 Å². The molecule has 24 heavy (non-hydrogen) atoms. The first-order valence-corrected chi connectivity index (χ1v) is 9.03. The van der Waals surface area contributed by atoms with Crippen molar-refractivity contribution in [1.82, 2.24) is 4.90 Å². The van der Waals surface area contributed by atoms with Gasteiger partial charge in [-0.3, -0.25) is 9.69 Å². The molecule has 0 radical (unpaired) electrons. The number of carbonyl (C=O) groups excluding carboxylic acids is 1. The molecule has 1 aliphatic carbocycles. The number of hydrogen-bond donors (Lipinski definition) is 0. The highest BCUT2D eigenvalue weighted by molar-refractivity contribution is 8.18. The number of amidine groups is 1. The van der Waals surface area contributed by atoms with Crippen molar-refractivity contribution in [3.63, 3.8) is 0 Å². The molecule has 2 heterocycles. The van der Waals surface area contributed by atoms with Gasteiger partial charge in [-0.05, 0) is 48.9 Å². The molecule has 4 nitrogen and oxygen atoms in total. The summed E-state index contributed by atoms with van der Waals surface area (Å²) >= 11 is 1.43. The van der Waals surface area contributed by atoms with E-state index in [4.69, 9.17) is 9.41 Å². The van der Waals surface area contributed by atoms with Gasteiger partial charge in [0, 0.05) is 12.1 Å². The number of rotatable bonds is 3. The fourth-order valence-corrected chi connectivity index (χ4v) is 4.20. The highest BCUT2D eigenvalue weighted by Crippen LogP contribution is 2.38. The molecule has 1 aromatic heterocycles. The Hall–Kier alpha value is -2.27. The Kier molecular flexibility index (Phi) is 4.26. The van der Waals surface area contributed by atoms with Gasteiger partial charge in [0.05, 0.1) is 16.9 Å². The molecular formula is C19H18N2O2S. The Balaban J connectivity index is 1.70. The quantitative estimate of drug-likeness (QED) is 0.753. The Morgan fingerprint density at radius 1 is 1.12 bits per heavy atom. The highest BCUT2D eigenvalue weighted by atomic mass is 32.2. The van der Waals surface area contributed by atoms with Crippen LogP contribution >= 0.6 is 11.8 Å². The molecule has 1 aromatic carbocycles. The first-order chi connectivity index (χ1) is 11.8. The minimum absolute atomic E-state index is 0.0398. The lowest BCUT2D eigenvalue weighted by molar-refractivity contribution is -0.123. The molecule has 0 atom stereocenters. The standard InChI is InChI=1S/C19H18N2O2S/c22-18-17(13-16-11-6-12-23-16)24-19(20-14-7-2-1-3-8-14)21(18)15-9-4-5-10-15/h1-3,6-8,11-13,15H,4-5,9-10H2. The lowest BCUT2D eigenvalue weighted by Crippen LogP contribution is -2.37. The van der Waals surface area contributed by atoms with Crippen molar-refractivity contribution < 1.29 is 9.21 Å². The second kappa shape index (κ2) is 6.69. The predicted octanol–water partition coefficient (Wildman–Crippen LogP) is 4.83. The minimum Gasteiger partial charge on any atom is -0.465 e. The van der Waals surface area contributed by atoms with Gasteiger partial charge < -0.3 is 4.42 Å². The zero-order valence-electron chi connectivity index (χ0n) is 13.2. The van der Waals surface area contributed by atoms with Crippen molar-refractivity contribution in [2.75, 3.05) is 0 Å². The van der Waals surface area contributed by atoms with Crippen LogP contribution < -0.4 is 0 Å². The number of furan rings is 1. The number of aliphatic imine (C=N–C) groups is 1. The SMILES string of the molecule is O=C1C(=Cc2ccco2)SC(=Nc2ccccc2)N1C1CCCC1. The first-order valence-electron chi connectivity index (χ1n) is 8.21. The Bertz CT molecular complexity index is 775. The summed E-state index contributed by atoms with van der Waals surface area (Å²) in [6, 6.07) is 13.7. The number of benzene rings is 1. The van der Waals surface area contributed by atoms with Crippen LogP contribution in [0.3, 0.4) is 0 Å². The zero-order valence-corrected chi connectivity index (χ0v) is 14.0. The van der Waals surface area contributed by atoms with Gasteiger partial charge in [-0.1, -0.05) is 31.0 Å². The molecule has 1 amide bonds. The maximum atomic E-state index is 12.9. The second-order valence-corrected chi connectivity index (χ2v) is 6.98. The molecule has 2 aromatic rings. The molecule has 122 valence electrons. The van der Waals surface area contributed by atoms with E-state index in [9.17, 15) is 4.79 Å². The first kappa shape index (κ1) is 15.3. The molecule has 0 spiro atoms. The number of nitrogens with zero attached hydrogens (tertiary/aromatic N) is 2. The number of para-hydroxylation sites is 1. The number of thioether (sulfide) groups is 1.